The summed E-state index contributed by atoms with van der Waals surface area (Å²) in [7, 11) is 0. The van der Waals surface area contributed by atoms with Gasteiger partial charge in [-0.1, -0.05) is 121 Å². The first-order valence-electron chi connectivity index (χ1n) is 16.4. The molecular formula is C38H37N3O7. The molecule has 4 heterocycles. The summed E-state index contributed by atoms with van der Waals surface area (Å²) >= 11 is 0. The number of rotatable bonds is 8. The Morgan fingerprint density at radius 2 is 1.17 bits per heavy atom. The molecule has 4 saturated heterocycles. The van der Waals surface area contributed by atoms with Crippen LogP contribution in [0.15, 0.2) is 121 Å². The van der Waals surface area contributed by atoms with E-state index in [0.29, 0.717) is 19.8 Å². The average molecular weight is 648 g/mol. The molecular weight excluding hydrogens is 610 g/mol. The van der Waals surface area contributed by atoms with Crippen LogP contribution in [0.25, 0.3) is 0 Å². The summed E-state index contributed by atoms with van der Waals surface area (Å²) in [5.74, 6) is -0.197. The van der Waals surface area contributed by atoms with Gasteiger partial charge in [0, 0.05) is 17.7 Å². The third-order valence-electron chi connectivity index (χ3n) is 9.48. The normalized spacial score (nSPS) is 28.2. The van der Waals surface area contributed by atoms with Gasteiger partial charge in [-0.2, -0.15) is 0 Å². The Morgan fingerprint density at radius 1 is 0.688 bits per heavy atom. The van der Waals surface area contributed by atoms with E-state index in [4.69, 9.17) is 23.7 Å². The minimum absolute atomic E-state index is 0.115. The minimum atomic E-state index is -0.698. The molecule has 0 aliphatic carbocycles. The van der Waals surface area contributed by atoms with Crippen molar-refractivity contribution in [3.8, 4) is 0 Å². The fourth-order valence-corrected chi connectivity index (χ4v) is 7.04. The topological polar surface area (TPSA) is 90.0 Å². The largest absolute Gasteiger partial charge is 0.445 e. The molecule has 0 N–H and O–H groups in total. The first-order chi connectivity index (χ1) is 23.6. The molecule has 0 aromatic heterocycles. The molecule has 0 spiro atoms. The van der Waals surface area contributed by atoms with Gasteiger partial charge in [-0.05, 0) is 11.1 Å². The number of fused-ring (bicyclic) bond motifs is 3. The number of carbonyl (C=O) groups is 2. The molecule has 10 nitrogen and oxygen atoms in total. The quantitative estimate of drug-likeness (QED) is 0.240. The number of amides is 2. The third-order valence-corrected chi connectivity index (χ3v) is 9.48. The standard InChI is InChI=1S/C38H37N3O7/c42-35-30(39(21-26-13-5-1-6-14-26)38(43)46-23-27-15-7-2-8-16-27)22-40(35)41-31-24-44-36(28-17-9-3-10-18-28)47-33(31)34-32(41)25-45-37(48-34)29-19-11-4-12-20-29/h1-20,30-34,36-37H,21-25H2/t30-,31-,32-,33+,34+,36?,37?/m0/s1. The smallest absolute Gasteiger partial charge is 0.411 e. The van der Waals surface area contributed by atoms with Crippen LogP contribution in [0.1, 0.15) is 34.8 Å². The number of hydrazine groups is 1. The van der Waals surface area contributed by atoms with Gasteiger partial charge in [-0.15, -0.1) is 0 Å². The third kappa shape index (κ3) is 5.98. The van der Waals surface area contributed by atoms with Crippen LogP contribution in [-0.4, -0.2) is 77.0 Å². The van der Waals surface area contributed by atoms with Crippen LogP contribution in [0.3, 0.4) is 0 Å². The molecule has 7 atom stereocenters. The lowest BCUT2D eigenvalue weighted by Gasteiger charge is -2.51. The summed E-state index contributed by atoms with van der Waals surface area (Å²) in [5, 5.41) is 3.73. The Morgan fingerprint density at radius 3 is 1.67 bits per heavy atom. The van der Waals surface area contributed by atoms with Crippen molar-refractivity contribution in [3.05, 3.63) is 144 Å². The zero-order valence-corrected chi connectivity index (χ0v) is 26.3. The summed E-state index contributed by atoms with van der Waals surface area (Å²) in [4.78, 5) is 29.2. The average Bonchev–Trinajstić information content (AvgIpc) is 3.46. The lowest BCUT2D eigenvalue weighted by molar-refractivity contribution is -0.278. The number of nitrogens with zero attached hydrogens (tertiary/aromatic N) is 3. The molecule has 10 heteroatoms. The zero-order valence-electron chi connectivity index (χ0n) is 26.3. The van der Waals surface area contributed by atoms with Crippen molar-refractivity contribution in [3.63, 3.8) is 0 Å². The van der Waals surface area contributed by atoms with Crippen molar-refractivity contribution in [2.75, 3.05) is 19.8 Å². The van der Waals surface area contributed by atoms with Crippen molar-refractivity contribution in [1.82, 2.24) is 14.9 Å². The van der Waals surface area contributed by atoms with E-state index < -0.39 is 24.7 Å². The maximum atomic E-state index is 14.2. The molecule has 4 aliphatic heterocycles. The number of benzene rings is 4. The van der Waals surface area contributed by atoms with Gasteiger partial charge in [-0.25, -0.2) is 9.80 Å². The summed E-state index contributed by atoms with van der Waals surface area (Å²) in [5.41, 5.74) is 3.62. The second-order valence-electron chi connectivity index (χ2n) is 12.5. The van der Waals surface area contributed by atoms with E-state index in [2.05, 4.69) is 0 Å². The van der Waals surface area contributed by atoms with Crippen molar-refractivity contribution in [2.45, 2.75) is 56.1 Å². The highest BCUT2D eigenvalue weighted by molar-refractivity contribution is 5.90. The van der Waals surface area contributed by atoms with Gasteiger partial charge in [0.2, 0.25) is 0 Å². The highest BCUT2D eigenvalue weighted by atomic mass is 16.7. The fraction of sp³-hybridized carbons (Fsp3) is 0.316. The first kappa shape index (κ1) is 30.7. The maximum Gasteiger partial charge on any atom is 0.411 e. The monoisotopic (exact) mass is 647 g/mol. The van der Waals surface area contributed by atoms with Crippen LogP contribution in [0.5, 0.6) is 0 Å². The number of β-lactam (4-membered cyclic amide) rings is 1. The molecule has 4 aliphatic rings. The second kappa shape index (κ2) is 13.5. The first-order valence-corrected chi connectivity index (χ1v) is 16.4. The Balaban J connectivity index is 1.03. The van der Waals surface area contributed by atoms with E-state index in [1.165, 1.54) is 4.90 Å². The lowest BCUT2D eigenvalue weighted by Crippen LogP contribution is -2.72. The zero-order chi connectivity index (χ0) is 32.5. The van der Waals surface area contributed by atoms with Gasteiger partial charge < -0.3 is 23.7 Å². The van der Waals surface area contributed by atoms with Crippen LogP contribution >= 0.6 is 0 Å². The summed E-state index contributed by atoms with van der Waals surface area (Å²) in [6, 6.07) is 37.5. The van der Waals surface area contributed by atoms with Crippen molar-refractivity contribution >= 4 is 12.0 Å². The summed E-state index contributed by atoms with van der Waals surface area (Å²) < 4.78 is 31.5. The fourth-order valence-electron chi connectivity index (χ4n) is 7.04. The maximum absolute atomic E-state index is 14.2. The second-order valence-corrected chi connectivity index (χ2v) is 12.5. The highest BCUT2D eigenvalue weighted by Gasteiger charge is 2.61. The molecule has 4 fully saturated rings. The molecule has 0 saturated carbocycles. The number of hydrogen-bond acceptors (Lipinski definition) is 8. The Labute approximate surface area is 279 Å². The molecule has 8 rings (SSSR count). The minimum Gasteiger partial charge on any atom is -0.445 e. The molecule has 0 bridgehead atoms. The number of ether oxygens (including phenoxy) is 5. The highest BCUT2D eigenvalue weighted by Crippen LogP contribution is 2.44. The molecule has 2 unspecified atom stereocenters. The predicted octanol–water partition coefficient (Wildman–Crippen LogP) is 5.23. The van der Waals surface area contributed by atoms with Gasteiger partial charge >= 0.3 is 6.09 Å². The van der Waals surface area contributed by atoms with Gasteiger partial charge in [0.05, 0.1) is 31.8 Å². The van der Waals surface area contributed by atoms with Gasteiger partial charge in [0.15, 0.2) is 12.6 Å². The van der Waals surface area contributed by atoms with Crippen molar-refractivity contribution < 1.29 is 33.3 Å². The summed E-state index contributed by atoms with van der Waals surface area (Å²) in [6.07, 6.45) is -2.42. The van der Waals surface area contributed by atoms with Crippen molar-refractivity contribution in [1.29, 1.82) is 0 Å². The number of hydrogen-bond donors (Lipinski definition) is 0. The van der Waals surface area contributed by atoms with E-state index in [1.54, 1.807) is 5.01 Å². The Kier molecular flexibility index (Phi) is 8.64. The van der Waals surface area contributed by atoms with Crippen LogP contribution in [0.2, 0.25) is 0 Å². The van der Waals surface area contributed by atoms with E-state index in [-0.39, 0.29) is 43.4 Å². The predicted molar refractivity (Wildman–Crippen MR) is 174 cm³/mol. The van der Waals surface area contributed by atoms with Crippen LogP contribution in [0, 0.1) is 0 Å². The van der Waals surface area contributed by atoms with E-state index in [0.717, 1.165) is 22.3 Å². The molecule has 0 radical (unpaired) electrons. The van der Waals surface area contributed by atoms with E-state index in [9.17, 15) is 9.59 Å². The van der Waals surface area contributed by atoms with Gasteiger partial charge in [-0.3, -0.25) is 14.7 Å². The van der Waals surface area contributed by atoms with Crippen LogP contribution < -0.4 is 0 Å². The van der Waals surface area contributed by atoms with Crippen LogP contribution in [-0.2, 0) is 41.6 Å². The Bertz CT molecular complexity index is 1630. The van der Waals surface area contributed by atoms with Gasteiger partial charge in [0.1, 0.15) is 24.9 Å². The molecule has 2 amide bonds. The number of carbonyl (C=O) groups excluding carboxylic acids is 2. The van der Waals surface area contributed by atoms with Crippen molar-refractivity contribution in [2.24, 2.45) is 0 Å². The summed E-state index contributed by atoms with van der Waals surface area (Å²) in [6.45, 7) is 1.31. The molecule has 48 heavy (non-hydrogen) atoms. The molecule has 246 valence electrons. The Hall–Kier alpha value is -4.58. The van der Waals surface area contributed by atoms with E-state index in [1.807, 2.05) is 126 Å². The van der Waals surface area contributed by atoms with E-state index >= 15 is 0 Å². The SMILES string of the molecule is O=C(OCc1ccccc1)N(Cc1ccccc1)[C@H]1CN(N2[C@H]3COC(c4ccccc4)O[C@H]3[C@@H]3OC(c4ccccc4)OC[C@@H]32)C1=O. The molecule has 4 aromatic carbocycles. The van der Waals surface area contributed by atoms with Gasteiger partial charge in [0.25, 0.3) is 5.91 Å². The molecule has 4 aromatic rings. The van der Waals surface area contributed by atoms with Crippen LogP contribution in [0.4, 0.5) is 4.79 Å². The lowest BCUT2D eigenvalue weighted by atomic mass is 10.0.